The number of nitrogens with one attached hydrogen (secondary N) is 1. The summed E-state index contributed by atoms with van der Waals surface area (Å²) >= 11 is 0. The largest absolute Gasteiger partial charge is 0.348 e. The van der Waals surface area contributed by atoms with Gasteiger partial charge in [0.2, 0.25) is 0 Å². The van der Waals surface area contributed by atoms with E-state index in [9.17, 15) is 0 Å². The Bertz CT molecular complexity index is 820. The Kier molecular flexibility index (Phi) is 4.36. The van der Waals surface area contributed by atoms with Crippen LogP contribution in [0.25, 0.3) is 5.82 Å². The third-order valence-electron chi connectivity index (χ3n) is 4.80. The second-order valence-electron chi connectivity index (χ2n) is 6.90. The summed E-state index contributed by atoms with van der Waals surface area (Å²) in [5, 5.41) is 0. The molecule has 6 nitrogen and oxygen atoms in total. The topological polar surface area (TPSA) is 62.6 Å². The molecular formula is C19H24N6. The van der Waals surface area contributed by atoms with Crippen LogP contribution in [0.5, 0.6) is 0 Å². The average Bonchev–Trinajstić information content (AvgIpc) is 3.37. The Labute approximate surface area is 148 Å². The van der Waals surface area contributed by atoms with Gasteiger partial charge in [0, 0.05) is 30.7 Å². The number of aromatic amines is 1. The van der Waals surface area contributed by atoms with E-state index in [0.29, 0.717) is 12.0 Å². The van der Waals surface area contributed by atoms with Gasteiger partial charge in [0.1, 0.15) is 17.5 Å². The lowest BCUT2D eigenvalue weighted by Crippen LogP contribution is -2.24. The molecule has 1 saturated heterocycles. The lowest BCUT2D eigenvalue weighted by Gasteiger charge is -2.23. The van der Waals surface area contributed by atoms with Gasteiger partial charge in [-0.2, -0.15) is 0 Å². The quantitative estimate of drug-likeness (QED) is 0.775. The number of rotatable bonds is 5. The predicted molar refractivity (Wildman–Crippen MR) is 96.4 cm³/mol. The fourth-order valence-corrected chi connectivity index (χ4v) is 3.62. The molecule has 0 spiro atoms. The van der Waals surface area contributed by atoms with Gasteiger partial charge < -0.3 is 4.98 Å². The zero-order valence-electron chi connectivity index (χ0n) is 14.8. The van der Waals surface area contributed by atoms with Crippen LogP contribution in [0, 0.1) is 0 Å². The van der Waals surface area contributed by atoms with E-state index in [4.69, 9.17) is 4.98 Å². The van der Waals surface area contributed by atoms with E-state index in [1.807, 2.05) is 24.8 Å². The number of aromatic nitrogens is 5. The molecule has 0 bridgehead atoms. The molecule has 4 heterocycles. The minimum Gasteiger partial charge on any atom is -0.348 e. The molecule has 1 aliphatic heterocycles. The van der Waals surface area contributed by atoms with Gasteiger partial charge in [0.15, 0.2) is 0 Å². The highest BCUT2D eigenvalue weighted by Crippen LogP contribution is 2.32. The Morgan fingerprint density at radius 3 is 2.96 bits per heavy atom. The van der Waals surface area contributed by atoms with E-state index in [1.54, 1.807) is 0 Å². The number of pyridine rings is 1. The van der Waals surface area contributed by atoms with Gasteiger partial charge in [0.05, 0.1) is 18.3 Å². The van der Waals surface area contributed by atoms with Crippen LogP contribution in [0.3, 0.4) is 0 Å². The van der Waals surface area contributed by atoms with E-state index in [-0.39, 0.29) is 0 Å². The van der Waals surface area contributed by atoms with Crippen molar-refractivity contribution in [3.63, 3.8) is 0 Å². The molecule has 1 aliphatic rings. The van der Waals surface area contributed by atoms with Crippen LogP contribution in [0.4, 0.5) is 0 Å². The third-order valence-corrected chi connectivity index (χ3v) is 4.80. The summed E-state index contributed by atoms with van der Waals surface area (Å²) in [5.41, 5.74) is 1.13. The van der Waals surface area contributed by atoms with Gasteiger partial charge in [-0.1, -0.05) is 19.9 Å². The summed E-state index contributed by atoms with van der Waals surface area (Å²) in [7, 11) is 0. The van der Waals surface area contributed by atoms with E-state index in [1.165, 1.54) is 6.42 Å². The van der Waals surface area contributed by atoms with Gasteiger partial charge in [-0.15, -0.1) is 0 Å². The van der Waals surface area contributed by atoms with Crippen molar-refractivity contribution in [3.05, 3.63) is 60.3 Å². The summed E-state index contributed by atoms with van der Waals surface area (Å²) in [6.45, 7) is 6.24. The predicted octanol–water partition coefficient (Wildman–Crippen LogP) is 3.45. The van der Waals surface area contributed by atoms with Crippen molar-refractivity contribution in [1.29, 1.82) is 0 Å². The molecule has 0 aliphatic carbocycles. The van der Waals surface area contributed by atoms with E-state index in [0.717, 1.165) is 42.7 Å². The number of imidazole rings is 2. The average molecular weight is 336 g/mol. The zero-order chi connectivity index (χ0) is 17.2. The van der Waals surface area contributed by atoms with Crippen LogP contribution in [-0.4, -0.2) is 35.9 Å². The first-order valence-electron chi connectivity index (χ1n) is 8.95. The Hall–Kier alpha value is -2.47. The fourth-order valence-electron chi connectivity index (χ4n) is 3.62. The van der Waals surface area contributed by atoms with Crippen molar-refractivity contribution in [1.82, 2.24) is 29.4 Å². The molecule has 0 amide bonds. The molecule has 3 aromatic heterocycles. The minimum atomic E-state index is 0.344. The highest BCUT2D eigenvalue weighted by molar-refractivity contribution is 5.29. The van der Waals surface area contributed by atoms with Crippen molar-refractivity contribution >= 4 is 0 Å². The third kappa shape index (κ3) is 3.22. The van der Waals surface area contributed by atoms with Crippen LogP contribution >= 0.6 is 0 Å². The molecule has 1 unspecified atom stereocenters. The first-order chi connectivity index (χ1) is 12.2. The number of H-pyrrole nitrogens is 1. The summed E-state index contributed by atoms with van der Waals surface area (Å²) in [4.78, 5) is 19.5. The van der Waals surface area contributed by atoms with Gasteiger partial charge >= 0.3 is 0 Å². The maximum absolute atomic E-state index is 4.97. The maximum Gasteiger partial charge on any atom is 0.138 e. The summed E-state index contributed by atoms with van der Waals surface area (Å²) in [6, 6.07) is 6.64. The summed E-state index contributed by atoms with van der Waals surface area (Å²) in [6.07, 6.45) is 9.87. The molecule has 4 rings (SSSR count). The van der Waals surface area contributed by atoms with E-state index >= 15 is 0 Å². The Morgan fingerprint density at radius 2 is 2.16 bits per heavy atom. The van der Waals surface area contributed by atoms with Crippen LogP contribution in [0.1, 0.15) is 56.0 Å². The van der Waals surface area contributed by atoms with Gasteiger partial charge in [-0.05, 0) is 31.5 Å². The molecule has 1 fully saturated rings. The van der Waals surface area contributed by atoms with E-state index in [2.05, 4.69) is 56.5 Å². The molecule has 1 N–H and O–H groups in total. The molecule has 3 aromatic rings. The molecule has 0 radical (unpaired) electrons. The first-order valence-corrected chi connectivity index (χ1v) is 8.95. The second-order valence-corrected chi connectivity index (χ2v) is 6.90. The SMILES string of the molecule is CC(C)c1nccn1-c1cccc(C2CCCN2Cc2ncc[nH]2)n1. The van der Waals surface area contributed by atoms with Gasteiger partial charge in [0.25, 0.3) is 0 Å². The normalized spacial score (nSPS) is 18.3. The van der Waals surface area contributed by atoms with Crippen LogP contribution in [0.2, 0.25) is 0 Å². The maximum atomic E-state index is 4.97. The number of hydrogen-bond acceptors (Lipinski definition) is 4. The Balaban J connectivity index is 1.61. The van der Waals surface area contributed by atoms with Crippen LogP contribution < -0.4 is 0 Å². The van der Waals surface area contributed by atoms with Crippen molar-refractivity contribution in [2.45, 2.75) is 45.2 Å². The molecule has 1 atom stereocenters. The molecule has 130 valence electrons. The molecule has 0 saturated carbocycles. The first kappa shape index (κ1) is 16.0. The van der Waals surface area contributed by atoms with Crippen molar-refractivity contribution in [2.24, 2.45) is 0 Å². The summed E-state index contributed by atoms with van der Waals surface area (Å²) in [5.74, 6) is 3.37. The monoisotopic (exact) mass is 336 g/mol. The fraction of sp³-hybridized carbons (Fsp3) is 0.421. The number of hydrogen-bond donors (Lipinski definition) is 1. The van der Waals surface area contributed by atoms with Crippen LogP contribution in [-0.2, 0) is 6.54 Å². The molecule has 6 heteroatoms. The zero-order valence-corrected chi connectivity index (χ0v) is 14.8. The minimum absolute atomic E-state index is 0.344. The second kappa shape index (κ2) is 6.80. The van der Waals surface area contributed by atoms with Crippen molar-refractivity contribution in [3.8, 4) is 5.82 Å². The Morgan fingerprint density at radius 1 is 1.24 bits per heavy atom. The van der Waals surface area contributed by atoms with E-state index < -0.39 is 0 Å². The molecule has 25 heavy (non-hydrogen) atoms. The van der Waals surface area contributed by atoms with Crippen molar-refractivity contribution < 1.29 is 0 Å². The van der Waals surface area contributed by atoms with Crippen LogP contribution in [0.15, 0.2) is 43.0 Å². The van der Waals surface area contributed by atoms with Gasteiger partial charge in [-0.3, -0.25) is 9.47 Å². The van der Waals surface area contributed by atoms with Crippen molar-refractivity contribution in [2.75, 3.05) is 6.54 Å². The highest BCUT2D eigenvalue weighted by atomic mass is 15.2. The lowest BCUT2D eigenvalue weighted by atomic mass is 10.1. The van der Waals surface area contributed by atoms with Gasteiger partial charge in [-0.25, -0.2) is 15.0 Å². The lowest BCUT2D eigenvalue weighted by molar-refractivity contribution is 0.239. The summed E-state index contributed by atoms with van der Waals surface area (Å²) < 4.78 is 2.10. The molecule has 0 aromatic carbocycles. The standard InChI is InChI=1S/C19H24N6/c1-14(2)19-22-10-12-25(19)18-7-3-5-15(23-18)16-6-4-11-24(16)13-17-20-8-9-21-17/h3,5,7-10,12,14,16H,4,6,11,13H2,1-2H3,(H,20,21). The number of likely N-dealkylation sites (tertiary alicyclic amines) is 1. The molecular weight excluding hydrogens is 312 g/mol. The highest BCUT2D eigenvalue weighted by Gasteiger charge is 2.28. The number of nitrogens with zero attached hydrogens (tertiary/aromatic N) is 5. The smallest absolute Gasteiger partial charge is 0.138 e.